The highest BCUT2D eigenvalue weighted by molar-refractivity contribution is 6.12. The van der Waals surface area contributed by atoms with Crippen LogP contribution in [0.25, 0.3) is 88.6 Å². The van der Waals surface area contributed by atoms with E-state index in [1.54, 1.807) is 0 Å². The van der Waals surface area contributed by atoms with Crippen molar-refractivity contribution in [3.63, 3.8) is 0 Å². The Morgan fingerprint density at radius 1 is 0.400 bits per heavy atom. The van der Waals surface area contributed by atoms with Crippen LogP contribution in [0.5, 0.6) is 0 Å². The molecular weight excluding hydrogens is 675 g/mol. The lowest BCUT2D eigenvalue weighted by Crippen LogP contribution is -2.09. The van der Waals surface area contributed by atoms with Crippen LogP contribution in [-0.4, -0.2) is 9.97 Å². The SMILES string of the molecule is [2H]c1cc(N(c2ccc(-c3nc4ccccc4o3)cc2)c2ccc(-c3nc4ccccc4o3)cc2)cc2ccc(-c3cccc4c3ccc3ccccc34)cc12. The van der Waals surface area contributed by atoms with E-state index in [4.69, 9.17) is 18.8 Å². The number of nitrogens with zero attached hydrogens (tertiary/aromatic N) is 3. The second-order valence-electron chi connectivity index (χ2n) is 13.7. The van der Waals surface area contributed by atoms with Crippen LogP contribution in [0.4, 0.5) is 17.1 Å². The van der Waals surface area contributed by atoms with E-state index in [0.29, 0.717) is 17.8 Å². The molecule has 0 radical (unpaired) electrons. The summed E-state index contributed by atoms with van der Waals surface area (Å²) in [6.45, 7) is 0. The van der Waals surface area contributed by atoms with E-state index in [1.165, 1.54) is 21.5 Å². The van der Waals surface area contributed by atoms with E-state index >= 15 is 0 Å². The van der Waals surface area contributed by atoms with Gasteiger partial charge in [-0.05, 0) is 134 Å². The number of hydrogen-bond acceptors (Lipinski definition) is 5. The molecule has 0 spiro atoms. The molecule has 0 aliphatic heterocycles. The van der Waals surface area contributed by atoms with Gasteiger partial charge >= 0.3 is 0 Å². The highest BCUT2D eigenvalue weighted by Gasteiger charge is 2.17. The zero-order valence-corrected chi connectivity index (χ0v) is 29.5. The maximum absolute atomic E-state index is 9.38. The summed E-state index contributed by atoms with van der Waals surface area (Å²) in [5, 5.41) is 6.76. The minimum Gasteiger partial charge on any atom is -0.436 e. The molecule has 11 rings (SSSR count). The van der Waals surface area contributed by atoms with Gasteiger partial charge in [-0.3, -0.25) is 0 Å². The first-order valence-corrected chi connectivity index (χ1v) is 18.3. The van der Waals surface area contributed by atoms with E-state index in [1.807, 2.05) is 78.9 Å². The molecule has 0 N–H and O–H groups in total. The van der Waals surface area contributed by atoms with E-state index in [0.717, 1.165) is 72.3 Å². The fourth-order valence-corrected chi connectivity index (χ4v) is 7.69. The van der Waals surface area contributed by atoms with Crippen LogP contribution in [0.2, 0.25) is 0 Å². The molecule has 0 atom stereocenters. The van der Waals surface area contributed by atoms with Gasteiger partial charge in [0.05, 0.1) is 1.37 Å². The van der Waals surface area contributed by atoms with Crippen molar-refractivity contribution >= 4 is 71.6 Å². The zero-order chi connectivity index (χ0) is 37.2. The standard InChI is InChI=1S/C50H31N3O2/c1-2-9-41-32(8-1)23-29-44-42(10-7-11-43(41)44)37-17-16-36-31-40(28-22-35(36)30-37)53(38-24-18-33(19-25-38)49-51-45-12-3-5-14-47(45)54-49)39-26-20-34(21-27-39)50-52-46-13-4-6-15-48(46)55-50/h1-31H/i22D. The van der Waals surface area contributed by atoms with Gasteiger partial charge in [-0.25, -0.2) is 9.97 Å². The maximum Gasteiger partial charge on any atom is 0.227 e. The molecule has 11 aromatic rings. The number of para-hydroxylation sites is 4. The van der Waals surface area contributed by atoms with Crippen molar-refractivity contribution in [2.24, 2.45) is 0 Å². The van der Waals surface area contributed by atoms with E-state index in [9.17, 15) is 1.37 Å². The van der Waals surface area contributed by atoms with Crippen LogP contribution in [-0.2, 0) is 0 Å². The van der Waals surface area contributed by atoms with Gasteiger partial charge in [0, 0.05) is 28.2 Å². The zero-order valence-electron chi connectivity index (χ0n) is 30.5. The maximum atomic E-state index is 9.38. The monoisotopic (exact) mass is 706 g/mol. The number of fused-ring (bicyclic) bond motifs is 6. The minimum absolute atomic E-state index is 0.446. The van der Waals surface area contributed by atoms with Crippen molar-refractivity contribution in [1.29, 1.82) is 0 Å². The highest BCUT2D eigenvalue weighted by atomic mass is 16.4. The van der Waals surface area contributed by atoms with Crippen molar-refractivity contribution in [1.82, 2.24) is 9.97 Å². The quantitative estimate of drug-likeness (QED) is 0.161. The average molecular weight is 707 g/mol. The Labute approximate surface area is 317 Å². The van der Waals surface area contributed by atoms with Gasteiger partial charge in [0.25, 0.3) is 0 Å². The van der Waals surface area contributed by atoms with Crippen molar-refractivity contribution in [2.45, 2.75) is 0 Å². The summed E-state index contributed by atoms with van der Waals surface area (Å²) in [7, 11) is 0. The molecule has 0 saturated carbocycles. The summed E-state index contributed by atoms with van der Waals surface area (Å²) in [5.41, 5.74) is 9.87. The number of benzene rings is 9. The Morgan fingerprint density at radius 2 is 0.982 bits per heavy atom. The molecule has 258 valence electrons. The molecule has 55 heavy (non-hydrogen) atoms. The Kier molecular flexibility index (Phi) is 6.86. The molecule has 9 aromatic carbocycles. The third-order valence-electron chi connectivity index (χ3n) is 10.4. The molecule has 0 aliphatic carbocycles. The molecule has 0 saturated heterocycles. The molecule has 0 bridgehead atoms. The van der Waals surface area contributed by atoms with E-state index in [-0.39, 0.29) is 0 Å². The van der Waals surface area contributed by atoms with Gasteiger partial charge in [-0.15, -0.1) is 0 Å². The number of oxazole rings is 2. The van der Waals surface area contributed by atoms with E-state index < -0.39 is 0 Å². The summed E-state index contributed by atoms with van der Waals surface area (Å²) >= 11 is 0. The van der Waals surface area contributed by atoms with Crippen LogP contribution >= 0.6 is 0 Å². The fraction of sp³-hybridized carbons (Fsp3) is 0. The van der Waals surface area contributed by atoms with E-state index in [2.05, 4.69) is 108 Å². The van der Waals surface area contributed by atoms with Gasteiger partial charge in [0.15, 0.2) is 11.2 Å². The molecule has 5 nitrogen and oxygen atoms in total. The first kappa shape index (κ1) is 30.0. The first-order valence-electron chi connectivity index (χ1n) is 18.8. The molecular formula is C50H31N3O2. The van der Waals surface area contributed by atoms with Crippen molar-refractivity contribution in [3.8, 4) is 34.0 Å². The predicted octanol–water partition coefficient (Wildman–Crippen LogP) is 13.9. The molecule has 0 amide bonds. The van der Waals surface area contributed by atoms with Crippen LogP contribution in [0.3, 0.4) is 0 Å². The number of hydrogen-bond donors (Lipinski definition) is 0. The molecule has 0 fully saturated rings. The van der Waals surface area contributed by atoms with Crippen LogP contribution in [0, 0.1) is 0 Å². The lowest BCUT2D eigenvalue weighted by molar-refractivity contribution is 0.619. The summed E-state index contributed by atoms with van der Waals surface area (Å²) in [5.74, 6) is 1.14. The third kappa shape index (κ3) is 5.41. The van der Waals surface area contributed by atoms with Crippen LogP contribution in [0.1, 0.15) is 1.37 Å². The highest BCUT2D eigenvalue weighted by Crippen LogP contribution is 2.40. The summed E-state index contributed by atoms with van der Waals surface area (Å²) < 4.78 is 21.6. The first-order chi connectivity index (χ1) is 27.6. The van der Waals surface area contributed by atoms with Gasteiger partial charge in [-0.1, -0.05) is 97.0 Å². The fourth-order valence-electron chi connectivity index (χ4n) is 7.69. The number of anilines is 3. The number of rotatable bonds is 6. The third-order valence-corrected chi connectivity index (χ3v) is 10.4. The Balaban J connectivity index is 1.01. The van der Waals surface area contributed by atoms with Crippen molar-refractivity contribution in [3.05, 3.63) is 188 Å². The lowest BCUT2D eigenvalue weighted by Gasteiger charge is -2.26. The van der Waals surface area contributed by atoms with Crippen molar-refractivity contribution < 1.29 is 10.2 Å². The van der Waals surface area contributed by atoms with Gasteiger partial charge in [-0.2, -0.15) is 0 Å². The Hall–Kier alpha value is -7.50. The van der Waals surface area contributed by atoms with Gasteiger partial charge in [0.1, 0.15) is 11.0 Å². The predicted molar refractivity (Wildman–Crippen MR) is 225 cm³/mol. The van der Waals surface area contributed by atoms with Crippen molar-refractivity contribution in [2.75, 3.05) is 4.90 Å². The summed E-state index contributed by atoms with van der Waals surface area (Å²) in [6, 6.07) is 62.4. The second kappa shape index (κ2) is 12.6. The lowest BCUT2D eigenvalue weighted by atomic mass is 9.93. The second-order valence-corrected chi connectivity index (χ2v) is 13.7. The molecule has 0 unspecified atom stereocenters. The largest absolute Gasteiger partial charge is 0.436 e. The summed E-state index contributed by atoms with van der Waals surface area (Å²) in [4.78, 5) is 11.6. The normalized spacial score (nSPS) is 11.9. The number of aromatic nitrogens is 2. The molecule has 0 aliphatic rings. The Morgan fingerprint density at radius 3 is 1.65 bits per heavy atom. The summed E-state index contributed by atoms with van der Waals surface area (Å²) in [6.07, 6.45) is 0. The Bertz CT molecular complexity index is 3090. The smallest absolute Gasteiger partial charge is 0.227 e. The topological polar surface area (TPSA) is 55.3 Å². The van der Waals surface area contributed by atoms with Crippen LogP contribution in [0.15, 0.2) is 197 Å². The van der Waals surface area contributed by atoms with Crippen LogP contribution < -0.4 is 4.90 Å². The minimum atomic E-state index is 0.446. The molecule has 2 aromatic heterocycles. The average Bonchev–Trinajstić information content (AvgIpc) is 3.89. The molecule has 2 heterocycles. The van der Waals surface area contributed by atoms with Gasteiger partial charge < -0.3 is 13.7 Å². The molecule has 5 heteroatoms. The van der Waals surface area contributed by atoms with Gasteiger partial charge in [0.2, 0.25) is 11.8 Å².